The van der Waals surface area contributed by atoms with Crippen LogP contribution in [0.2, 0.25) is 0 Å². The number of ether oxygens (including phenoxy) is 3. The maximum absolute atomic E-state index is 12.4. The van der Waals surface area contributed by atoms with Gasteiger partial charge in [-0.1, -0.05) is 6.92 Å². The van der Waals surface area contributed by atoms with Crippen LogP contribution in [-0.2, 0) is 14.2 Å². The summed E-state index contributed by atoms with van der Waals surface area (Å²) in [6.45, 7) is 5.69. The lowest BCUT2D eigenvalue weighted by Crippen LogP contribution is -2.40. The van der Waals surface area contributed by atoms with E-state index in [0.29, 0.717) is 5.82 Å². The Hall–Kier alpha value is -1.64. The Labute approximate surface area is 134 Å². The smallest absolute Gasteiger partial charge is 0.332 e. The van der Waals surface area contributed by atoms with Gasteiger partial charge in [0.25, 0.3) is 5.56 Å². The average molecular weight is 325 g/mol. The van der Waals surface area contributed by atoms with Crippen LogP contribution in [0, 0.1) is 0 Å². The third-order valence-electron chi connectivity index (χ3n) is 4.20. The molecule has 0 spiro atoms. The van der Waals surface area contributed by atoms with E-state index in [1.54, 1.807) is 19.0 Å². The minimum Gasteiger partial charge on any atom is -0.364 e. The monoisotopic (exact) mass is 325 g/mol. The van der Waals surface area contributed by atoms with Crippen LogP contribution in [0.5, 0.6) is 0 Å². The first-order chi connectivity index (χ1) is 10.7. The molecule has 2 aliphatic heterocycles. The van der Waals surface area contributed by atoms with Crippen molar-refractivity contribution < 1.29 is 14.2 Å². The molecule has 8 nitrogen and oxygen atoms in total. The molecule has 0 bridgehead atoms. The van der Waals surface area contributed by atoms with Crippen LogP contribution in [0.3, 0.4) is 0 Å². The summed E-state index contributed by atoms with van der Waals surface area (Å²) in [7, 11) is 3.54. The minimum absolute atomic E-state index is 0.166. The van der Waals surface area contributed by atoms with E-state index in [0.717, 1.165) is 6.42 Å². The van der Waals surface area contributed by atoms with Gasteiger partial charge in [0.15, 0.2) is 12.0 Å². The Kier molecular flexibility index (Phi) is 3.86. The fraction of sp³-hybridized carbons (Fsp3) is 0.733. The van der Waals surface area contributed by atoms with Gasteiger partial charge < -0.3 is 19.1 Å². The molecule has 1 unspecified atom stereocenters. The molecule has 0 aliphatic carbocycles. The highest BCUT2D eigenvalue weighted by Crippen LogP contribution is 2.44. The van der Waals surface area contributed by atoms with Gasteiger partial charge in [-0.05, 0) is 20.3 Å². The van der Waals surface area contributed by atoms with Gasteiger partial charge in [-0.25, -0.2) is 9.36 Å². The third kappa shape index (κ3) is 2.71. The molecule has 4 atom stereocenters. The highest BCUT2D eigenvalue weighted by Gasteiger charge is 2.55. The molecule has 0 amide bonds. The highest BCUT2D eigenvalue weighted by atomic mass is 16.8. The normalized spacial score (nSPS) is 32.0. The van der Waals surface area contributed by atoms with Crippen molar-refractivity contribution in [3.05, 3.63) is 26.9 Å². The number of aromatic amines is 1. The van der Waals surface area contributed by atoms with Gasteiger partial charge in [0.05, 0.1) is 6.10 Å². The van der Waals surface area contributed by atoms with E-state index in [9.17, 15) is 9.59 Å². The summed E-state index contributed by atoms with van der Waals surface area (Å²) in [5.74, 6) is -0.262. The van der Waals surface area contributed by atoms with Gasteiger partial charge in [-0.3, -0.25) is 9.78 Å². The van der Waals surface area contributed by atoms with E-state index in [4.69, 9.17) is 14.2 Å². The molecule has 2 aliphatic rings. The SMILES string of the molecule is CC[C@H]1O[C@@H](n2c(N(C)C)cc(=O)[nH]c2=O)C2OC(C)(C)O[C@H]21. The number of fused-ring (bicyclic) bond motifs is 1. The molecule has 2 fully saturated rings. The summed E-state index contributed by atoms with van der Waals surface area (Å²) in [6, 6.07) is 1.37. The van der Waals surface area contributed by atoms with Crippen LogP contribution in [0.4, 0.5) is 5.82 Å². The average Bonchev–Trinajstić information content (AvgIpc) is 2.91. The standard InChI is InChI=1S/C15H23N3O5/c1-6-8-11-12(23-15(2,3)22-11)13(21-8)18-10(17(4)5)7-9(19)16-14(18)20/h7-8,11-13H,6H2,1-5H3,(H,16,19,20)/t8-,11+,12?,13-/m1/s1. The van der Waals surface area contributed by atoms with Gasteiger partial charge in [0, 0.05) is 20.2 Å². The van der Waals surface area contributed by atoms with E-state index in [2.05, 4.69) is 4.98 Å². The largest absolute Gasteiger partial charge is 0.364 e. The Bertz CT molecular complexity index is 708. The Morgan fingerprint density at radius 3 is 2.52 bits per heavy atom. The zero-order valence-electron chi connectivity index (χ0n) is 14.0. The number of anilines is 1. The summed E-state index contributed by atoms with van der Waals surface area (Å²) in [4.78, 5) is 28.0. The fourth-order valence-electron chi connectivity index (χ4n) is 3.28. The molecule has 3 heterocycles. The van der Waals surface area contributed by atoms with Gasteiger partial charge in [0.2, 0.25) is 0 Å². The Morgan fingerprint density at radius 2 is 1.91 bits per heavy atom. The van der Waals surface area contributed by atoms with Crippen LogP contribution >= 0.6 is 0 Å². The fourth-order valence-corrected chi connectivity index (χ4v) is 3.28. The number of aromatic nitrogens is 2. The lowest BCUT2D eigenvalue weighted by atomic mass is 10.1. The number of nitrogens with one attached hydrogen (secondary N) is 1. The summed E-state index contributed by atoms with van der Waals surface area (Å²) < 4.78 is 19.4. The first kappa shape index (κ1) is 16.2. The van der Waals surface area contributed by atoms with E-state index < -0.39 is 29.4 Å². The summed E-state index contributed by atoms with van der Waals surface area (Å²) >= 11 is 0. The van der Waals surface area contributed by atoms with Crippen molar-refractivity contribution in [1.82, 2.24) is 9.55 Å². The van der Waals surface area contributed by atoms with Gasteiger partial charge >= 0.3 is 5.69 Å². The Balaban J connectivity index is 2.09. The molecule has 23 heavy (non-hydrogen) atoms. The van der Waals surface area contributed by atoms with Crippen LogP contribution in [-0.4, -0.2) is 47.7 Å². The molecule has 1 N–H and O–H groups in total. The van der Waals surface area contributed by atoms with E-state index in [-0.39, 0.29) is 12.2 Å². The van der Waals surface area contributed by atoms with Crippen molar-refractivity contribution in [3.63, 3.8) is 0 Å². The van der Waals surface area contributed by atoms with Crippen LogP contribution in [0.1, 0.15) is 33.4 Å². The van der Waals surface area contributed by atoms with Gasteiger partial charge in [0.1, 0.15) is 18.0 Å². The molecule has 8 heteroatoms. The lowest BCUT2D eigenvalue weighted by Gasteiger charge is -2.27. The zero-order chi connectivity index (χ0) is 16.9. The molecule has 0 aromatic carbocycles. The van der Waals surface area contributed by atoms with E-state index in [1.807, 2.05) is 20.8 Å². The molecular formula is C15H23N3O5. The maximum Gasteiger partial charge on any atom is 0.332 e. The molecule has 1 aromatic heterocycles. The van der Waals surface area contributed by atoms with Gasteiger partial charge in [-0.2, -0.15) is 0 Å². The zero-order valence-corrected chi connectivity index (χ0v) is 14.0. The molecule has 128 valence electrons. The Morgan fingerprint density at radius 1 is 1.26 bits per heavy atom. The third-order valence-corrected chi connectivity index (χ3v) is 4.20. The number of nitrogens with zero attached hydrogens (tertiary/aromatic N) is 2. The molecule has 3 rings (SSSR count). The summed E-state index contributed by atoms with van der Waals surface area (Å²) in [5, 5.41) is 0. The first-order valence-electron chi connectivity index (χ1n) is 7.78. The highest BCUT2D eigenvalue weighted by molar-refractivity contribution is 5.36. The van der Waals surface area contributed by atoms with E-state index >= 15 is 0 Å². The summed E-state index contributed by atoms with van der Waals surface area (Å²) in [6.07, 6.45) is -0.716. The second-order valence-electron chi connectivity index (χ2n) is 6.60. The second kappa shape index (κ2) is 5.47. The number of hydrogen-bond donors (Lipinski definition) is 1. The van der Waals surface area contributed by atoms with Crippen LogP contribution in [0.25, 0.3) is 0 Å². The summed E-state index contributed by atoms with van der Waals surface area (Å²) in [5.41, 5.74) is -0.963. The van der Waals surface area contributed by atoms with Crippen molar-refractivity contribution in [1.29, 1.82) is 0 Å². The van der Waals surface area contributed by atoms with Crippen molar-refractivity contribution >= 4 is 5.82 Å². The number of hydrogen-bond acceptors (Lipinski definition) is 6. The molecule has 2 saturated heterocycles. The van der Waals surface area contributed by atoms with E-state index in [1.165, 1.54) is 10.6 Å². The maximum atomic E-state index is 12.4. The minimum atomic E-state index is -0.727. The number of rotatable bonds is 3. The quantitative estimate of drug-likeness (QED) is 0.867. The number of H-pyrrole nitrogens is 1. The first-order valence-corrected chi connectivity index (χ1v) is 7.78. The van der Waals surface area contributed by atoms with Crippen LogP contribution < -0.4 is 16.1 Å². The molecule has 0 saturated carbocycles. The topological polar surface area (TPSA) is 85.8 Å². The van der Waals surface area contributed by atoms with Crippen molar-refractivity contribution in [2.45, 2.75) is 57.5 Å². The van der Waals surface area contributed by atoms with Gasteiger partial charge in [-0.15, -0.1) is 0 Å². The lowest BCUT2D eigenvalue weighted by molar-refractivity contribution is -0.197. The molecular weight excluding hydrogens is 302 g/mol. The van der Waals surface area contributed by atoms with Crippen molar-refractivity contribution in [2.24, 2.45) is 0 Å². The predicted octanol–water partition coefficient (Wildman–Crippen LogP) is 0.430. The molecule has 1 aromatic rings. The molecule has 0 radical (unpaired) electrons. The van der Waals surface area contributed by atoms with Crippen molar-refractivity contribution in [2.75, 3.05) is 19.0 Å². The second-order valence-corrected chi connectivity index (χ2v) is 6.60. The van der Waals surface area contributed by atoms with Crippen LogP contribution in [0.15, 0.2) is 15.7 Å². The predicted molar refractivity (Wildman–Crippen MR) is 83.7 cm³/mol. The van der Waals surface area contributed by atoms with Crippen molar-refractivity contribution in [3.8, 4) is 0 Å².